The third-order valence-electron chi connectivity index (χ3n) is 3.33. The molecule has 21 heavy (non-hydrogen) atoms. The Kier molecular flexibility index (Phi) is 3.69. The smallest absolute Gasteiger partial charge is 0.146 e. The number of fused-ring (bicyclic) bond motifs is 1. The first-order valence-corrected chi connectivity index (χ1v) is 7.04. The van der Waals surface area contributed by atoms with Crippen molar-refractivity contribution in [2.24, 2.45) is 0 Å². The Hall–Kier alpha value is -1.85. The molecule has 0 saturated heterocycles. The van der Waals surface area contributed by atoms with Crippen molar-refractivity contribution in [1.82, 2.24) is 4.98 Å². The van der Waals surface area contributed by atoms with E-state index in [0.717, 1.165) is 6.07 Å². The molecule has 106 valence electrons. The van der Waals surface area contributed by atoms with Crippen LogP contribution in [0.5, 0.6) is 0 Å². The van der Waals surface area contributed by atoms with Gasteiger partial charge in [-0.15, -0.1) is 0 Å². The predicted octanol–water partition coefficient (Wildman–Crippen LogP) is 4.36. The first-order chi connectivity index (χ1) is 10.1. The Morgan fingerprint density at radius 2 is 1.81 bits per heavy atom. The lowest BCUT2D eigenvalue weighted by atomic mass is 9.97. The highest BCUT2D eigenvalue weighted by molar-refractivity contribution is 9.10. The van der Waals surface area contributed by atoms with Crippen LogP contribution >= 0.6 is 15.9 Å². The molecule has 0 radical (unpaired) electrons. The minimum atomic E-state index is -1.41. The third-order valence-corrected chi connectivity index (χ3v) is 3.94. The van der Waals surface area contributed by atoms with Crippen LogP contribution in [0.15, 0.2) is 53.1 Å². The zero-order valence-corrected chi connectivity index (χ0v) is 12.3. The van der Waals surface area contributed by atoms with Crippen molar-refractivity contribution in [2.45, 2.75) is 6.10 Å². The quantitative estimate of drug-likeness (QED) is 0.697. The van der Waals surface area contributed by atoms with Gasteiger partial charge in [0.2, 0.25) is 0 Å². The summed E-state index contributed by atoms with van der Waals surface area (Å²) in [7, 11) is 0. The molecule has 2 nitrogen and oxygen atoms in total. The Morgan fingerprint density at radius 3 is 2.62 bits per heavy atom. The highest BCUT2D eigenvalue weighted by atomic mass is 79.9. The molecule has 1 atom stereocenters. The van der Waals surface area contributed by atoms with E-state index < -0.39 is 17.7 Å². The molecule has 0 bridgehead atoms. The molecule has 1 N–H and O–H groups in total. The second-order valence-corrected chi connectivity index (χ2v) is 5.43. The number of rotatable bonds is 2. The maximum Gasteiger partial charge on any atom is 0.146 e. The zero-order chi connectivity index (χ0) is 15.0. The molecule has 0 saturated carbocycles. The van der Waals surface area contributed by atoms with E-state index in [1.54, 1.807) is 24.3 Å². The Bertz CT molecular complexity index is 817. The van der Waals surface area contributed by atoms with E-state index in [1.807, 2.05) is 6.07 Å². The van der Waals surface area contributed by atoms with Gasteiger partial charge >= 0.3 is 0 Å². The van der Waals surface area contributed by atoms with E-state index in [0.29, 0.717) is 16.5 Å². The van der Waals surface area contributed by atoms with E-state index in [4.69, 9.17) is 0 Å². The van der Waals surface area contributed by atoms with Crippen molar-refractivity contribution in [3.05, 3.63) is 75.9 Å². The molecule has 0 aliphatic carbocycles. The molecular weight excluding hydrogens is 340 g/mol. The van der Waals surface area contributed by atoms with Crippen molar-refractivity contribution in [3.8, 4) is 0 Å². The van der Waals surface area contributed by atoms with Gasteiger partial charge in [-0.3, -0.25) is 4.98 Å². The lowest BCUT2D eigenvalue weighted by molar-refractivity contribution is 0.210. The van der Waals surface area contributed by atoms with Gasteiger partial charge < -0.3 is 5.11 Å². The maximum atomic E-state index is 14.1. The predicted molar refractivity (Wildman–Crippen MR) is 79.9 cm³/mol. The van der Waals surface area contributed by atoms with Gasteiger partial charge in [0, 0.05) is 11.6 Å². The van der Waals surface area contributed by atoms with Crippen molar-refractivity contribution < 1.29 is 13.9 Å². The molecule has 1 aromatic heterocycles. The summed E-state index contributed by atoms with van der Waals surface area (Å²) < 4.78 is 28.2. The second kappa shape index (κ2) is 5.50. The van der Waals surface area contributed by atoms with Crippen molar-refractivity contribution in [2.75, 3.05) is 0 Å². The van der Waals surface area contributed by atoms with Crippen LogP contribution in [0.4, 0.5) is 8.78 Å². The lowest BCUT2D eigenvalue weighted by Crippen LogP contribution is -2.07. The molecule has 3 rings (SSSR count). The maximum absolute atomic E-state index is 14.1. The van der Waals surface area contributed by atoms with Gasteiger partial charge in [0.25, 0.3) is 0 Å². The number of aromatic nitrogens is 1. The van der Waals surface area contributed by atoms with E-state index >= 15 is 0 Å². The number of benzene rings is 2. The molecular formula is C16H10BrF2NO. The zero-order valence-electron chi connectivity index (χ0n) is 10.7. The fraction of sp³-hybridized carbons (Fsp3) is 0.0625. The van der Waals surface area contributed by atoms with Crippen LogP contribution in [0.1, 0.15) is 17.2 Å². The summed E-state index contributed by atoms with van der Waals surface area (Å²) in [4.78, 5) is 4.17. The topological polar surface area (TPSA) is 33.1 Å². The van der Waals surface area contributed by atoms with Gasteiger partial charge in [-0.05, 0) is 45.8 Å². The van der Waals surface area contributed by atoms with Crippen LogP contribution in [0.3, 0.4) is 0 Å². The normalized spacial score (nSPS) is 12.6. The van der Waals surface area contributed by atoms with Crippen molar-refractivity contribution in [3.63, 3.8) is 0 Å². The largest absolute Gasteiger partial charge is 0.383 e. The fourth-order valence-electron chi connectivity index (χ4n) is 2.31. The highest BCUT2D eigenvalue weighted by Gasteiger charge is 2.23. The van der Waals surface area contributed by atoms with Gasteiger partial charge in [-0.2, -0.15) is 0 Å². The van der Waals surface area contributed by atoms with Crippen LogP contribution in [-0.4, -0.2) is 10.1 Å². The SMILES string of the molecule is OC(c1c(F)ccc(Br)c1F)c1ccnc2ccccc12. The van der Waals surface area contributed by atoms with Crippen LogP contribution in [0.25, 0.3) is 10.9 Å². The van der Waals surface area contributed by atoms with E-state index in [2.05, 4.69) is 20.9 Å². The summed E-state index contributed by atoms with van der Waals surface area (Å²) in [6.07, 6.45) is 0.102. The number of hydrogen-bond donors (Lipinski definition) is 1. The summed E-state index contributed by atoms with van der Waals surface area (Å²) in [5, 5.41) is 11.1. The molecule has 0 spiro atoms. The summed E-state index contributed by atoms with van der Waals surface area (Å²) >= 11 is 3.01. The summed E-state index contributed by atoms with van der Waals surface area (Å²) in [5.41, 5.74) is 0.696. The molecule has 2 aromatic carbocycles. The summed E-state index contributed by atoms with van der Waals surface area (Å²) in [5.74, 6) is -1.59. The van der Waals surface area contributed by atoms with E-state index in [9.17, 15) is 13.9 Å². The van der Waals surface area contributed by atoms with Gasteiger partial charge in [0.05, 0.1) is 15.6 Å². The van der Waals surface area contributed by atoms with Gasteiger partial charge in [0.15, 0.2) is 0 Å². The lowest BCUT2D eigenvalue weighted by Gasteiger charge is -2.16. The van der Waals surface area contributed by atoms with Gasteiger partial charge in [0.1, 0.15) is 17.7 Å². The molecule has 0 fully saturated rings. The monoisotopic (exact) mass is 349 g/mol. The minimum absolute atomic E-state index is 0.108. The Balaban J connectivity index is 2.22. The van der Waals surface area contributed by atoms with Crippen molar-refractivity contribution >= 4 is 26.8 Å². The summed E-state index contributed by atoms with van der Waals surface area (Å²) in [6, 6.07) is 11.1. The average molecular weight is 350 g/mol. The first-order valence-electron chi connectivity index (χ1n) is 6.24. The second-order valence-electron chi connectivity index (χ2n) is 4.58. The standard InChI is InChI=1S/C16H10BrF2NO/c17-11-5-6-12(18)14(15(11)19)16(21)10-7-8-20-13-4-2-1-3-9(10)13/h1-8,16,21H. The van der Waals surface area contributed by atoms with Gasteiger partial charge in [-0.25, -0.2) is 8.78 Å². The molecule has 1 unspecified atom stereocenters. The van der Waals surface area contributed by atoms with Crippen molar-refractivity contribution in [1.29, 1.82) is 0 Å². The number of nitrogens with zero attached hydrogens (tertiary/aromatic N) is 1. The third kappa shape index (κ3) is 2.43. The molecule has 3 aromatic rings. The number of aliphatic hydroxyl groups is 1. The highest BCUT2D eigenvalue weighted by Crippen LogP contribution is 2.33. The first kappa shape index (κ1) is 14.1. The number of aliphatic hydroxyl groups excluding tert-OH is 1. The van der Waals surface area contributed by atoms with E-state index in [1.165, 1.54) is 12.3 Å². The number of halogens is 3. The number of para-hydroxylation sites is 1. The minimum Gasteiger partial charge on any atom is -0.383 e. The van der Waals surface area contributed by atoms with Gasteiger partial charge in [-0.1, -0.05) is 18.2 Å². The Labute approximate surface area is 128 Å². The van der Waals surface area contributed by atoms with Crippen LogP contribution in [0, 0.1) is 11.6 Å². The van der Waals surface area contributed by atoms with E-state index in [-0.39, 0.29) is 10.0 Å². The van der Waals surface area contributed by atoms with Crippen LogP contribution in [0.2, 0.25) is 0 Å². The molecule has 0 amide bonds. The molecule has 1 heterocycles. The average Bonchev–Trinajstić information content (AvgIpc) is 2.50. The molecule has 5 heteroatoms. The fourth-order valence-corrected chi connectivity index (χ4v) is 2.65. The summed E-state index contributed by atoms with van der Waals surface area (Å²) in [6.45, 7) is 0. The number of hydrogen-bond acceptors (Lipinski definition) is 2. The number of pyridine rings is 1. The van der Waals surface area contributed by atoms with Crippen LogP contribution < -0.4 is 0 Å². The molecule has 0 aliphatic rings. The Morgan fingerprint density at radius 1 is 1.05 bits per heavy atom. The molecule has 0 aliphatic heterocycles. The van der Waals surface area contributed by atoms with Crippen LogP contribution in [-0.2, 0) is 0 Å².